The van der Waals surface area contributed by atoms with Gasteiger partial charge in [0.05, 0.1) is 0 Å². The molecular weight excluding hydrogens is 461 g/mol. The quantitative estimate of drug-likeness (QED) is 0.170. The molecule has 1 radical (unpaired) electrons. The van der Waals surface area contributed by atoms with Crippen LogP contribution in [0.25, 0.3) is 0 Å². The van der Waals surface area contributed by atoms with Gasteiger partial charge in [0.2, 0.25) is 0 Å². The van der Waals surface area contributed by atoms with Gasteiger partial charge in [-0.25, -0.2) is 0 Å². The predicted molar refractivity (Wildman–Crippen MR) is 56.3 cm³/mol. The molecule has 2 N–H and O–H groups in total. The molecular formula is C3H5CuF6NaO8S3-. The molecule has 0 spiro atoms. The number of halogens is 6. The summed E-state index contributed by atoms with van der Waals surface area (Å²) < 4.78 is 133. The monoisotopic (exact) mass is 465 g/mol. The molecule has 0 amide bonds. The smallest absolute Gasteiger partial charge is 0 e. The molecule has 0 aromatic heterocycles. The van der Waals surface area contributed by atoms with Crippen LogP contribution in [0.4, 0.5) is 26.3 Å². The molecule has 138 valence electrons. The normalized spacial score (nSPS) is 11.4. The van der Waals surface area contributed by atoms with E-state index in [0.717, 1.165) is 0 Å². The van der Waals surface area contributed by atoms with Crippen molar-refractivity contribution < 1.29 is 75.1 Å². The van der Waals surface area contributed by atoms with Crippen LogP contribution < -0.4 is 0 Å². The van der Waals surface area contributed by atoms with Gasteiger partial charge in [0.1, 0.15) is 0 Å². The van der Waals surface area contributed by atoms with Crippen molar-refractivity contribution >= 4 is 58.4 Å². The van der Waals surface area contributed by atoms with E-state index in [9.17, 15) is 26.3 Å². The zero-order valence-electron chi connectivity index (χ0n) is 10.1. The minimum Gasteiger partial charge on any atom is -0.358 e. The maximum atomic E-state index is 10.7. The van der Waals surface area contributed by atoms with Crippen molar-refractivity contribution in [1.29, 1.82) is 0 Å². The van der Waals surface area contributed by atoms with Crippen LogP contribution in [0.2, 0.25) is 0 Å². The number of hydrogen-bond donors (Lipinski definition) is 2. The summed E-state index contributed by atoms with van der Waals surface area (Å²) in [5.41, 5.74) is -11.1. The predicted octanol–water partition coefficient (Wildman–Crippen LogP) is 0.185. The van der Waals surface area contributed by atoms with E-state index >= 15 is 0 Å². The van der Waals surface area contributed by atoms with Crippen molar-refractivity contribution in [2.75, 3.05) is 0 Å². The van der Waals surface area contributed by atoms with Crippen LogP contribution in [0.3, 0.4) is 0 Å². The molecule has 22 heavy (non-hydrogen) atoms. The van der Waals surface area contributed by atoms with Gasteiger partial charge in [-0.1, -0.05) is 0 Å². The van der Waals surface area contributed by atoms with E-state index in [1.807, 2.05) is 0 Å². The third kappa shape index (κ3) is 23.0. The summed E-state index contributed by atoms with van der Waals surface area (Å²) in [5.74, 6) is 0. The summed E-state index contributed by atoms with van der Waals surface area (Å²) in [5, 5.41) is 0. The van der Waals surface area contributed by atoms with Gasteiger partial charge in [0.25, 0.3) is 0 Å². The first-order chi connectivity index (χ1) is 8.23. The molecule has 0 saturated carbocycles. The third-order valence-corrected chi connectivity index (χ3v) is 1.75. The topological polar surface area (TPSA) is 143 Å². The SMILES string of the molecule is O=S(=O)(O)C(F)(F)F.O=S(=O)(O)C(F)(F)F.O=[S](=O)=[Cu].[CH3-].[Na]. The number of rotatable bonds is 0. The summed E-state index contributed by atoms with van der Waals surface area (Å²) in [4.78, 5) is 0. The molecule has 0 rings (SSSR count). The molecule has 0 aliphatic rings. The average Bonchev–Trinajstić information content (AvgIpc) is 1.94. The summed E-state index contributed by atoms with van der Waals surface area (Å²) in [6.07, 6.45) is 0. The van der Waals surface area contributed by atoms with Crippen molar-refractivity contribution in [2.24, 2.45) is 0 Å². The molecule has 19 heteroatoms. The summed E-state index contributed by atoms with van der Waals surface area (Å²) in [7, 11) is -14.0. The van der Waals surface area contributed by atoms with Crippen LogP contribution in [0.15, 0.2) is 0 Å². The van der Waals surface area contributed by atoms with E-state index in [4.69, 9.17) is 34.4 Å². The Bertz CT molecular complexity index is 553. The van der Waals surface area contributed by atoms with Crippen LogP contribution in [-0.2, 0) is 43.2 Å². The molecule has 0 bridgehead atoms. The zero-order valence-corrected chi connectivity index (χ0v) is 15.5. The van der Waals surface area contributed by atoms with Crippen LogP contribution in [0, 0.1) is 7.43 Å². The van der Waals surface area contributed by atoms with Gasteiger partial charge in [-0.15, -0.1) is 0 Å². The third-order valence-electron chi connectivity index (χ3n) is 0.585. The largest absolute Gasteiger partial charge is 0.358 e. The maximum Gasteiger partial charge on any atom is 0 e. The molecule has 0 unspecified atom stereocenters. The molecule has 0 aromatic rings. The van der Waals surface area contributed by atoms with E-state index < -0.39 is 39.9 Å². The second-order valence-corrected chi connectivity index (χ2v) is 6.11. The van der Waals surface area contributed by atoms with Crippen LogP contribution in [0.1, 0.15) is 0 Å². The maximum absolute atomic E-state index is 10.7. The van der Waals surface area contributed by atoms with Gasteiger partial charge >= 0.3 is 62.7 Å². The van der Waals surface area contributed by atoms with Gasteiger partial charge in [0.15, 0.2) is 0 Å². The van der Waals surface area contributed by atoms with Crippen molar-refractivity contribution in [3.8, 4) is 0 Å². The second-order valence-electron chi connectivity index (χ2n) is 2.01. The van der Waals surface area contributed by atoms with E-state index in [2.05, 4.69) is 14.4 Å². The average molecular weight is 466 g/mol. The van der Waals surface area contributed by atoms with Gasteiger partial charge in [-0.05, 0) is 0 Å². The van der Waals surface area contributed by atoms with E-state index in [-0.39, 0.29) is 37.0 Å². The van der Waals surface area contributed by atoms with Gasteiger partial charge in [0, 0.05) is 29.6 Å². The minimum atomic E-state index is -5.84. The Morgan fingerprint density at radius 1 is 0.773 bits per heavy atom. The molecule has 0 aromatic carbocycles. The van der Waals surface area contributed by atoms with Crippen molar-refractivity contribution in [3.63, 3.8) is 0 Å². The van der Waals surface area contributed by atoms with Crippen molar-refractivity contribution in [2.45, 2.75) is 11.0 Å². The summed E-state index contributed by atoms with van der Waals surface area (Å²) >= 11 is 3.66. The Labute approximate surface area is 151 Å². The zero-order chi connectivity index (χ0) is 17.6. The molecule has 0 fully saturated rings. The van der Waals surface area contributed by atoms with Crippen molar-refractivity contribution in [1.82, 2.24) is 0 Å². The Morgan fingerprint density at radius 2 is 0.818 bits per heavy atom. The van der Waals surface area contributed by atoms with E-state index in [1.54, 1.807) is 0 Å². The van der Waals surface area contributed by atoms with E-state index in [0.29, 0.717) is 0 Å². The second kappa shape index (κ2) is 12.2. The molecule has 0 aliphatic carbocycles. The Morgan fingerprint density at radius 3 is 0.818 bits per heavy atom. The number of alkyl halides is 6. The summed E-state index contributed by atoms with van der Waals surface area (Å²) in [6, 6.07) is 0. The molecule has 0 saturated heterocycles. The Hall–Kier alpha value is 0.739. The first-order valence-corrected chi connectivity index (χ1v) is 7.98. The minimum absolute atomic E-state index is 0. The standard InChI is InChI=1S/2CHF3O3S.CH3.Cu.Na.O2S/c2*2-1(3,4)8(5,6)7;;;;1-3-2/h2*(H,5,6,7);1H3;;;/q;;-1;;;. The fourth-order valence-electron chi connectivity index (χ4n) is 0. The fraction of sp³-hybridized carbons (Fsp3) is 0.667. The first-order valence-electron chi connectivity index (χ1n) is 3.03. The van der Waals surface area contributed by atoms with Crippen LogP contribution in [-0.4, -0.2) is 74.9 Å². The fourth-order valence-corrected chi connectivity index (χ4v) is 0. The number of hydrogen-bond acceptors (Lipinski definition) is 6. The van der Waals surface area contributed by atoms with E-state index in [1.165, 1.54) is 0 Å². The van der Waals surface area contributed by atoms with Gasteiger partial charge in [-0.3, -0.25) is 9.11 Å². The van der Waals surface area contributed by atoms with Crippen molar-refractivity contribution in [3.05, 3.63) is 7.43 Å². The molecule has 8 nitrogen and oxygen atoms in total. The molecule has 0 atom stereocenters. The van der Waals surface area contributed by atoms with Crippen LogP contribution >= 0.6 is 0 Å². The Balaban J connectivity index is -0.0000000661. The van der Waals surface area contributed by atoms with Crippen LogP contribution in [0.5, 0.6) is 0 Å². The molecule has 0 aliphatic heterocycles. The molecule has 0 heterocycles. The van der Waals surface area contributed by atoms with Gasteiger partial charge in [-0.2, -0.15) is 43.2 Å². The van der Waals surface area contributed by atoms with Gasteiger partial charge < -0.3 is 7.43 Å². The summed E-state index contributed by atoms with van der Waals surface area (Å²) in [6.45, 7) is 0. The first kappa shape index (κ1) is 34.2. The Kier molecular flexibility index (Phi) is 18.9.